The number of carbonyl (C=O) groups excluding carboxylic acids is 1. The Bertz CT molecular complexity index is 569. The highest BCUT2D eigenvalue weighted by Gasteiger charge is 2.23. The Balaban J connectivity index is 2.02. The van der Waals surface area contributed by atoms with E-state index in [1.54, 1.807) is 13.3 Å². The van der Waals surface area contributed by atoms with E-state index in [0.29, 0.717) is 18.4 Å². The van der Waals surface area contributed by atoms with E-state index in [4.69, 9.17) is 0 Å². The van der Waals surface area contributed by atoms with E-state index in [1.807, 2.05) is 13.0 Å². The van der Waals surface area contributed by atoms with Crippen LogP contribution in [-0.4, -0.2) is 43.8 Å². The molecule has 1 fully saturated rings. The van der Waals surface area contributed by atoms with E-state index in [9.17, 15) is 4.79 Å². The normalized spacial score (nSPS) is 22.6. The van der Waals surface area contributed by atoms with Crippen LogP contribution in [0.2, 0.25) is 0 Å². The molecule has 1 aromatic carbocycles. The van der Waals surface area contributed by atoms with Crippen molar-refractivity contribution in [3.05, 3.63) is 46.1 Å². The van der Waals surface area contributed by atoms with Crippen LogP contribution in [0.15, 0.2) is 45.6 Å². The Hall–Kier alpha value is -1.66. The summed E-state index contributed by atoms with van der Waals surface area (Å²) in [5.74, 6) is 0.494. The lowest BCUT2D eigenvalue weighted by Gasteiger charge is -2.32. The zero-order valence-corrected chi connectivity index (χ0v) is 15.1. The van der Waals surface area contributed by atoms with Crippen molar-refractivity contribution in [1.82, 2.24) is 15.6 Å². The van der Waals surface area contributed by atoms with Crippen LogP contribution >= 0.6 is 15.9 Å². The number of allylic oxidation sites excluding steroid dienone is 2. The monoisotopic (exact) mass is 378 g/mol. The summed E-state index contributed by atoms with van der Waals surface area (Å²) in [4.78, 5) is 10.6. The lowest BCUT2D eigenvalue weighted by molar-refractivity contribution is -0.116. The van der Waals surface area contributed by atoms with Crippen LogP contribution in [0.3, 0.4) is 0 Å². The average molecular weight is 379 g/mol. The van der Waals surface area contributed by atoms with Crippen LogP contribution in [0.25, 0.3) is 0 Å². The fourth-order valence-electron chi connectivity index (χ4n) is 2.65. The molecule has 1 heterocycles. The zero-order valence-electron chi connectivity index (χ0n) is 13.5. The number of piperidine rings is 1. The van der Waals surface area contributed by atoms with Crippen molar-refractivity contribution in [2.75, 3.05) is 20.1 Å². The molecule has 0 bridgehead atoms. The van der Waals surface area contributed by atoms with Gasteiger partial charge in [-0.25, -0.2) is 5.01 Å². The van der Waals surface area contributed by atoms with Crippen molar-refractivity contribution >= 4 is 28.6 Å². The van der Waals surface area contributed by atoms with Crippen LogP contribution in [0, 0.1) is 0 Å². The molecule has 0 spiro atoms. The van der Waals surface area contributed by atoms with Gasteiger partial charge in [0.15, 0.2) is 0 Å². The molecule has 2 N–H and O–H groups in total. The van der Waals surface area contributed by atoms with Gasteiger partial charge in [0.1, 0.15) is 0 Å². The number of benzene rings is 1. The number of hydrogen-bond donors (Lipinski definition) is 2. The van der Waals surface area contributed by atoms with Gasteiger partial charge in [0.2, 0.25) is 6.41 Å². The number of nitrogens with zero attached hydrogens (tertiary/aromatic N) is 2. The summed E-state index contributed by atoms with van der Waals surface area (Å²) in [6.07, 6.45) is 3.40. The molecule has 0 radical (unpaired) electrons. The van der Waals surface area contributed by atoms with E-state index >= 15 is 0 Å². The van der Waals surface area contributed by atoms with Crippen LogP contribution in [0.4, 0.5) is 0 Å². The van der Waals surface area contributed by atoms with Gasteiger partial charge in [-0.05, 0) is 24.8 Å². The molecular formula is C17H23BrN4O. The predicted octanol–water partition coefficient (Wildman–Crippen LogP) is 2.42. The maximum absolute atomic E-state index is 10.6. The van der Waals surface area contributed by atoms with Crippen LogP contribution in [-0.2, 0) is 4.79 Å². The first kappa shape index (κ1) is 17.7. The Labute approximate surface area is 146 Å². The second-order valence-corrected chi connectivity index (χ2v) is 6.90. The molecule has 1 amide bonds. The van der Waals surface area contributed by atoms with E-state index < -0.39 is 0 Å². The highest BCUT2D eigenvalue weighted by Crippen LogP contribution is 2.23. The molecule has 0 aromatic heterocycles. The van der Waals surface area contributed by atoms with Gasteiger partial charge in [0, 0.05) is 30.7 Å². The molecule has 2 atom stereocenters. The smallest absolute Gasteiger partial charge is 0.229 e. The molecule has 1 saturated heterocycles. The number of halogens is 1. The van der Waals surface area contributed by atoms with Crippen LogP contribution < -0.4 is 10.6 Å². The van der Waals surface area contributed by atoms with E-state index in [0.717, 1.165) is 29.7 Å². The van der Waals surface area contributed by atoms with Crippen molar-refractivity contribution in [1.29, 1.82) is 0 Å². The molecule has 1 aliphatic heterocycles. The molecule has 124 valence electrons. The van der Waals surface area contributed by atoms with E-state index in [1.165, 1.54) is 10.6 Å². The largest absolute Gasteiger partial charge is 0.379 e. The molecule has 2 rings (SSSR count). The molecule has 0 aliphatic carbocycles. The second-order valence-electron chi connectivity index (χ2n) is 5.71. The number of amides is 1. The summed E-state index contributed by atoms with van der Waals surface area (Å²) in [6.45, 7) is 3.86. The first-order chi connectivity index (χ1) is 11.1. The summed E-state index contributed by atoms with van der Waals surface area (Å²) >= 11 is 3.50. The third kappa shape index (κ3) is 5.48. The minimum atomic E-state index is 0.310. The molecular weight excluding hydrogens is 356 g/mol. The maximum atomic E-state index is 10.6. The van der Waals surface area contributed by atoms with Crippen molar-refractivity contribution < 1.29 is 4.79 Å². The Kier molecular flexibility index (Phi) is 6.80. The van der Waals surface area contributed by atoms with Gasteiger partial charge in [-0.3, -0.25) is 4.79 Å². The van der Waals surface area contributed by atoms with Gasteiger partial charge < -0.3 is 10.6 Å². The maximum Gasteiger partial charge on any atom is 0.229 e. The third-order valence-corrected chi connectivity index (χ3v) is 4.30. The lowest BCUT2D eigenvalue weighted by Crippen LogP contribution is -2.46. The number of carbonyl (C=O) groups is 1. The summed E-state index contributed by atoms with van der Waals surface area (Å²) in [7, 11) is 1.61. The van der Waals surface area contributed by atoms with Crippen LogP contribution in [0.5, 0.6) is 0 Å². The zero-order chi connectivity index (χ0) is 16.7. The first-order valence-corrected chi connectivity index (χ1v) is 8.50. The summed E-state index contributed by atoms with van der Waals surface area (Å²) in [5.41, 5.74) is 2.25. The van der Waals surface area contributed by atoms with Crippen molar-refractivity contribution in [3.8, 4) is 0 Å². The highest BCUT2D eigenvalue weighted by atomic mass is 79.9. The van der Waals surface area contributed by atoms with Gasteiger partial charge in [-0.1, -0.05) is 46.3 Å². The van der Waals surface area contributed by atoms with Crippen LogP contribution in [0.1, 0.15) is 24.8 Å². The molecule has 1 aromatic rings. The molecule has 0 saturated carbocycles. The number of rotatable bonds is 6. The number of hydrazone groups is 1. The van der Waals surface area contributed by atoms with Gasteiger partial charge in [0.05, 0.1) is 11.9 Å². The van der Waals surface area contributed by atoms with E-state index in [2.05, 4.69) is 55.9 Å². The summed E-state index contributed by atoms with van der Waals surface area (Å²) < 4.78 is 0.961. The Morgan fingerprint density at radius 3 is 2.78 bits per heavy atom. The van der Waals surface area contributed by atoms with Gasteiger partial charge >= 0.3 is 0 Å². The standard InChI is InChI=1S/C17H23BrN4O/c1-13(18)17(11-20-22(2)12-23)21-16-8-15(9-19-10-16)14-6-4-3-5-7-14/h3-7,11-12,15-16,19,21H,8-10H2,1-2H3/b17-13-,20-11-/t15-,16?/m0/s1. The van der Waals surface area contributed by atoms with Gasteiger partial charge in [-0.2, -0.15) is 5.10 Å². The number of nitrogens with one attached hydrogen (secondary N) is 2. The van der Waals surface area contributed by atoms with Crippen molar-refractivity contribution in [2.45, 2.75) is 25.3 Å². The minimum absolute atomic E-state index is 0.310. The topological polar surface area (TPSA) is 56.7 Å². The Morgan fingerprint density at radius 1 is 1.39 bits per heavy atom. The lowest BCUT2D eigenvalue weighted by atomic mass is 9.89. The van der Waals surface area contributed by atoms with E-state index in [-0.39, 0.29) is 0 Å². The molecule has 5 nitrogen and oxygen atoms in total. The third-order valence-electron chi connectivity index (χ3n) is 3.87. The first-order valence-electron chi connectivity index (χ1n) is 7.71. The Morgan fingerprint density at radius 2 is 2.13 bits per heavy atom. The average Bonchev–Trinajstić information content (AvgIpc) is 2.59. The fraction of sp³-hybridized carbons (Fsp3) is 0.412. The van der Waals surface area contributed by atoms with Crippen molar-refractivity contribution in [3.63, 3.8) is 0 Å². The quantitative estimate of drug-likeness (QED) is 0.454. The second kappa shape index (κ2) is 8.84. The van der Waals surface area contributed by atoms with Gasteiger partial charge in [-0.15, -0.1) is 0 Å². The fourth-order valence-corrected chi connectivity index (χ4v) is 2.87. The summed E-state index contributed by atoms with van der Waals surface area (Å²) in [6, 6.07) is 10.9. The SMILES string of the molecule is C/C(Br)=C(\C=N/N(C)C=O)NC1CNC[C@@H](c2ccccc2)C1. The van der Waals surface area contributed by atoms with Gasteiger partial charge in [0.25, 0.3) is 0 Å². The molecule has 1 aliphatic rings. The molecule has 23 heavy (non-hydrogen) atoms. The summed E-state index contributed by atoms with van der Waals surface area (Å²) in [5, 5.41) is 12.3. The minimum Gasteiger partial charge on any atom is -0.379 e. The predicted molar refractivity (Wildman–Crippen MR) is 97.5 cm³/mol. The van der Waals surface area contributed by atoms with Crippen molar-refractivity contribution in [2.24, 2.45) is 5.10 Å². The number of hydrogen-bond acceptors (Lipinski definition) is 4. The highest BCUT2D eigenvalue weighted by molar-refractivity contribution is 9.11. The molecule has 6 heteroatoms. The molecule has 1 unspecified atom stereocenters.